The highest BCUT2D eigenvalue weighted by molar-refractivity contribution is 7.16. The summed E-state index contributed by atoms with van der Waals surface area (Å²) < 4.78 is 0.814. The maximum absolute atomic E-state index is 6.09. The van der Waals surface area contributed by atoms with Crippen LogP contribution in [0.25, 0.3) is 10.9 Å². The maximum Gasteiger partial charge on any atom is 0.0931 e. The molecule has 0 amide bonds. The van der Waals surface area contributed by atoms with Gasteiger partial charge in [-0.1, -0.05) is 42.8 Å². The van der Waals surface area contributed by atoms with Gasteiger partial charge >= 0.3 is 0 Å². The molecule has 0 fully saturated rings. The first-order valence-corrected chi connectivity index (χ1v) is 8.31. The molecule has 0 saturated carbocycles. The van der Waals surface area contributed by atoms with Crippen LogP contribution in [0.5, 0.6) is 0 Å². The summed E-state index contributed by atoms with van der Waals surface area (Å²) in [4.78, 5) is 6.02. The predicted molar refractivity (Wildman–Crippen MR) is 91.2 cm³/mol. The average molecular weight is 317 g/mol. The van der Waals surface area contributed by atoms with Crippen LogP contribution in [-0.2, 0) is 0 Å². The first-order valence-electron chi connectivity index (χ1n) is 7.12. The molecular weight excluding hydrogens is 300 g/mol. The molecule has 4 heteroatoms. The summed E-state index contributed by atoms with van der Waals surface area (Å²) >= 11 is 7.70. The molecular formula is C17H17ClN2S. The molecule has 0 spiro atoms. The van der Waals surface area contributed by atoms with E-state index in [0.717, 1.165) is 28.5 Å². The standard InChI is InChI=1S/C17H17ClN2S/c1-2-11-19-17(15-9-10-16(18)21-15)14-8-7-12-5-3-4-6-13(12)20-14/h3-10,17,19H,2,11H2,1H3. The van der Waals surface area contributed by atoms with E-state index in [-0.39, 0.29) is 6.04 Å². The van der Waals surface area contributed by atoms with E-state index in [4.69, 9.17) is 16.6 Å². The molecule has 1 unspecified atom stereocenters. The van der Waals surface area contributed by atoms with Crippen LogP contribution in [0, 0.1) is 0 Å². The SMILES string of the molecule is CCCNC(c1ccc2ccccc2n1)c1ccc(Cl)s1. The van der Waals surface area contributed by atoms with Crippen molar-refractivity contribution in [2.24, 2.45) is 0 Å². The molecule has 2 nitrogen and oxygen atoms in total. The number of benzene rings is 1. The highest BCUT2D eigenvalue weighted by Gasteiger charge is 2.17. The fourth-order valence-electron chi connectivity index (χ4n) is 2.37. The summed E-state index contributed by atoms with van der Waals surface area (Å²) in [7, 11) is 0. The van der Waals surface area contributed by atoms with E-state index in [1.807, 2.05) is 18.2 Å². The Labute approximate surface area is 133 Å². The van der Waals surface area contributed by atoms with Gasteiger partial charge in [-0.2, -0.15) is 0 Å². The van der Waals surface area contributed by atoms with Gasteiger partial charge in [0.25, 0.3) is 0 Å². The van der Waals surface area contributed by atoms with E-state index >= 15 is 0 Å². The van der Waals surface area contributed by atoms with Gasteiger partial charge in [-0.15, -0.1) is 11.3 Å². The van der Waals surface area contributed by atoms with E-state index in [9.17, 15) is 0 Å². The average Bonchev–Trinajstić information content (AvgIpc) is 2.94. The molecule has 2 heterocycles. The Morgan fingerprint density at radius 3 is 2.76 bits per heavy atom. The molecule has 0 radical (unpaired) electrons. The minimum atomic E-state index is 0.104. The second-order valence-corrected chi connectivity index (χ2v) is 6.70. The van der Waals surface area contributed by atoms with Crippen molar-refractivity contribution < 1.29 is 0 Å². The Kier molecular flexibility index (Phi) is 4.54. The van der Waals surface area contributed by atoms with E-state index in [2.05, 4.69) is 42.6 Å². The first-order chi connectivity index (χ1) is 10.3. The number of rotatable bonds is 5. The third-order valence-corrected chi connectivity index (χ3v) is 4.69. The van der Waals surface area contributed by atoms with Crippen molar-refractivity contribution in [2.45, 2.75) is 19.4 Å². The maximum atomic E-state index is 6.09. The highest BCUT2D eigenvalue weighted by Crippen LogP contribution is 2.31. The molecule has 3 rings (SSSR count). The van der Waals surface area contributed by atoms with E-state index in [1.165, 1.54) is 10.3 Å². The van der Waals surface area contributed by atoms with Gasteiger partial charge in [0.1, 0.15) is 0 Å². The van der Waals surface area contributed by atoms with Gasteiger partial charge in [-0.05, 0) is 37.2 Å². The fourth-order valence-corrected chi connectivity index (χ4v) is 3.52. The van der Waals surface area contributed by atoms with Crippen LogP contribution in [0.2, 0.25) is 4.34 Å². The van der Waals surface area contributed by atoms with Gasteiger partial charge in [0.2, 0.25) is 0 Å². The Morgan fingerprint density at radius 2 is 2.00 bits per heavy atom. The number of para-hydroxylation sites is 1. The van der Waals surface area contributed by atoms with E-state index < -0.39 is 0 Å². The zero-order valence-electron chi connectivity index (χ0n) is 11.8. The zero-order chi connectivity index (χ0) is 14.7. The van der Waals surface area contributed by atoms with Crippen LogP contribution in [-0.4, -0.2) is 11.5 Å². The van der Waals surface area contributed by atoms with Gasteiger partial charge in [0.05, 0.1) is 21.6 Å². The summed E-state index contributed by atoms with van der Waals surface area (Å²) in [5, 5.41) is 4.74. The molecule has 108 valence electrons. The van der Waals surface area contributed by atoms with Crippen molar-refractivity contribution in [2.75, 3.05) is 6.54 Å². The molecule has 2 aromatic heterocycles. The lowest BCUT2D eigenvalue weighted by atomic mass is 10.1. The number of thiophene rings is 1. The van der Waals surface area contributed by atoms with Crippen molar-refractivity contribution >= 4 is 33.8 Å². The Balaban J connectivity index is 2.00. The highest BCUT2D eigenvalue weighted by atomic mass is 35.5. The molecule has 0 bridgehead atoms. The molecule has 0 aliphatic carbocycles. The van der Waals surface area contributed by atoms with E-state index in [1.54, 1.807) is 11.3 Å². The molecule has 1 atom stereocenters. The van der Waals surface area contributed by atoms with Gasteiger partial charge < -0.3 is 5.32 Å². The quantitative estimate of drug-likeness (QED) is 0.713. The monoisotopic (exact) mass is 316 g/mol. The minimum absolute atomic E-state index is 0.104. The number of hydrogen-bond acceptors (Lipinski definition) is 3. The number of nitrogens with zero attached hydrogens (tertiary/aromatic N) is 1. The van der Waals surface area contributed by atoms with Crippen LogP contribution >= 0.6 is 22.9 Å². The van der Waals surface area contributed by atoms with Crippen LogP contribution in [0.4, 0.5) is 0 Å². The number of hydrogen-bond donors (Lipinski definition) is 1. The molecule has 1 N–H and O–H groups in total. The van der Waals surface area contributed by atoms with Crippen LogP contribution < -0.4 is 5.32 Å². The van der Waals surface area contributed by atoms with Crippen molar-refractivity contribution in [1.82, 2.24) is 10.3 Å². The second kappa shape index (κ2) is 6.56. The van der Waals surface area contributed by atoms with Crippen LogP contribution in [0.1, 0.15) is 30.0 Å². The van der Waals surface area contributed by atoms with Gasteiger partial charge in [-0.3, -0.25) is 4.98 Å². The smallest absolute Gasteiger partial charge is 0.0931 e. The van der Waals surface area contributed by atoms with Crippen LogP contribution in [0.15, 0.2) is 48.5 Å². The van der Waals surface area contributed by atoms with Gasteiger partial charge in [-0.25, -0.2) is 0 Å². The van der Waals surface area contributed by atoms with Crippen molar-refractivity contribution in [1.29, 1.82) is 0 Å². The molecule has 21 heavy (non-hydrogen) atoms. The topological polar surface area (TPSA) is 24.9 Å². The third-order valence-electron chi connectivity index (χ3n) is 3.39. The van der Waals surface area contributed by atoms with Crippen molar-refractivity contribution in [3.8, 4) is 0 Å². The summed E-state index contributed by atoms with van der Waals surface area (Å²) in [5.74, 6) is 0. The van der Waals surface area contributed by atoms with Crippen LogP contribution in [0.3, 0.4) is 0 Å². The summed E-state index contributed by atoms with van der Waals surface area (Å²) in [6, 6.07) is 16.6. The lowest BCUT2D eigenvalue weighted by Crippen LogP contribution is -2.23. The lowest BCUT2D eigenvalue weighted by molar-refractivity contribution is 0.595. The minimum Gasteiger partial charge on any atom is -0.304 e. The number of nitrogens with one attached hydrogen (secondary N) is 1. The molecule has 0 aliphatic rings. The third kappa shape index (κ3) is 3.26. The lowest BCUT2D eigenvalue weighted by Gasteiger charge is -2.17. The predicted octanol–water partition coefficient (Wildman–Crippen LogP) is 5.04. The Hall–Kier alpha value is -1.42. The molecule has 1 aromatic carbocycles. The van der Waals surface area contributed by atoms with Crippen molar-refractivity contribution in [3.63, 3.8) is 0 Å². The number of aromatic nitrogens is 1. The Morgan fingerprint density at radius 1 is 1.14 bits per heavy atom. The largest absolute Gasteiger partial charge is 0.304 e. The van der Waals surface area contributed by atoms with Gasteiger partial charge in [0, 0.05) is 10.3 Å². The van der Waals surface area contributed by atoms with Crippen molar-refractivity contribution in [3.05, 3.63) is 63.4 Å². The number of halogens is 1. The normalized spacial score (nSPS) is 12.7. The summed E-state index contributed by atoms with van der Waals surface area (Å²) in [5.41, 5.74) is 2.07. The Bertz CT molecular complexity index is 738. The number of fused-ring (bicyclic) bond motifs is 1. The first kappa shape index (κ1) is 14.5. The summed E-state index contributed by atoms with van der Waals surface area (Å²) in [6.07, 6.45) is 1.09. The molecule has 0 saturated heterocycles. The van der Waals surface area contributed by atoms with Gasteiger partial charge in [0.15, 0.2) is 0 Å². The fraction of sp³-hybridized carbons (Fsp3) is 0.235. The summed E-state index contributed by atoms with van der Waals surface area (Å²) in [6.45, 7) is 3.12. The van der Waals surface area contributed by atoms with E-state index in [0.29, 0.717) is 0 Å². The second-order valence-electron chi connectivity index (χ2n) is 4.96. The zero-order valence-corrected chi connectivity index (χ0v) is 13.4. The molecule has 0 aliphatic heterocycles. The number of pyridine rings is 1. The molecule has 3 aromatic rings.